The molecule has 24 heavy (non-hydrogen) atoms. The van der Waals surface area contributed by atoms with E-state index in [-0.39, 0.29) is 18.0 Å². The minimum Gasteiger partial charge on any atom is -0.398 e. The summed E-state index contributed by atoms with van der Waals surface area (Å²) in [7, 11) is 0. The van der Waals surface area contributed by atoms with Crippen LogP contribution in [0.3, 0.4) is 0 Å². The molecule has 1 amide bonds. The largest absolute Gasteiger partial charge is 0.398 e. The molecule has 2 aromatic rings. The topological polar surface area (TPSA) is 133 Å². The summed E-state index contributed by atoms with van der Waals surface area (Å²) in [6.07, 6.45) is 3.06. The van der Waals surface area contributed by atoms with Gasteiger partial charge in [0.05, 0.1) is 17.1 Å². The van der Waals surface area contributed by atoms with Gasteiger partial charge in [-0.1, -0.05) is 0 Å². The van der Waals surface area contributed by atoms with Gasteiger partial charge in [0, 0.05) is 11.7 Å². The molecule has 0 saturated carbocycles. The van der Waals surface area contributed by atoms with Gasteiger partial charge in [-0.3, -0.25) is 14.4 Å². The normalized spacial score (nSPS) is 22.7. The Balaban J connectivity index is 1.65. The van der Waals surface area contributed by atoms with Crippen LogP contribution < -0.4 is 27.5 Å². The number of nitrogens with one attached hydrogen (secondary N) is 4. The average molecular weight is 329 g/mol. The maximum Gasteiger partial charge on any atom is 0.314 e. The van der Waals surface area contributed by atoms with Crippen LogP contribution in [0, 0.1) is 0 Å². The summed E-state index contributed by atoms with van der Waals surface area (Å²) in [5.41, 5.74) is 8.22. The highest BCUT2D eigenvalue weighted by atomic mass is 16.2. The maximum atomic E-state index is 12.3. The lowest BCUT2D eigenvalue weighted by Crippen LogP contribution is -2.45. The van der Waals surface area contributed by atoms with Crippen molar-refractivity contribution in [3.63, 3.8) is 0 Å². The Kier molecular flexibility index (Phi) is 3.42. The zero-order valence-corrected chi connectivity index (χ0v) is 13.1. The molecule has 1 aliphatic carbocycles. The van der Waals surface area contributed by atoms with E-state index in [0.717, 1.165) is 30.5 Å². The summed E-state index contributed by atoms with van der Waals surface area (Å²) in [5, 5.41) is 6.25. The Morgan fingerprint density at radius 2 is 1.92 bits per heavy atom. The van der Waals surface area contributed by atoms with Crippen molar-refractivity contribution in [2.45, 2.75) is 37.8 Å². The van der Waals surface area contributed by atoms with Gasteiger partial charge in [0.25, 0.3) is 0 Å². The van der Waals surface area contributed by atoms with Gasteiger partial charge >= 0.3 is 11.1 Å². The van der Waals surface area contributed by atoms with E-state index < -0.39 is 11.1 Å². The maximum absolute atomic E-state index is 12.3. The molecule has 8 nitrogen and oxygen atoms in total. The highest BCUT2D eigenvalue weighted by Crippen LogP contribution is 2.32. The molecular formula is C16H19N5O3. The molecule has 1 aromatic carbocycles. The standard InChI is InChI=1S/C16H19N5O3/c17-10-6-12-13(21-16(24)15(23)20-12)9-5-7(4-8(9)10)19-14(22)11-2-1-3-18-11/h6-7,11,18H,1-5,17H2,(H,19,22)(H,20,23)(H,21,24). The van der Waals surface area contributed by atoms with Crippen molar-refractivity contribution < 1.29 is 4.79 Å². The van der Waals surface area contributed by atoms with Crippen LogP contribution in [0.1, 0.15) is 24.0 Å². The molecule has 0 radical (unpaired) electrons. The number of hydrogen-bond acceptors (Lipinski definition) is 5. The molecule has 8 heteroatoms. The number of aromatic nitrogens is 2. The SMILES string of the molecule is Nc1cc2[nH]c(=O)c(=O)[nH]c2c2c1CC(NC(=O)C1CCCN1)C2. The van der Waals surface area contributed by atoms with Gasteiger partial charge in [-0.05, 0) is 49.4 Å². The van der Waals surface area contributed by atoms with E-state index >= 15 is 0 Å². The molecular weight excluding hydrogens is 310 g/mol. The van der Waals surface area contributed by atoms with Crippen molar-refractivity contribution >= 4 is 22.6 Å². The smallest absolute Gasteiger partial charge is 0.314 e. The summed E-state index contributed by atoms with van der Waals surface area (Å²) in [6.45, 7) is 0.870. The van der Waals surface area contributed by atoms with E-state index in [1.165, 1.54) is 0 Å². The van der Waals surface area contributed by atoms with Crippen LogP contribution in [-0.4, -0.2) is 34.5 Å². The van der Waals surface area contributed by atoms with Gasteiger partial charge in [0.1, 0.15) is 0 Å². The number of carbonyl (C=O) groups excluding carboxylic acids is 1. The van der Waals surface area contributed by atoms with Crippen molar-refractivity contribution in [1.29, 1.82) is 0 Å². The molecule has 2 atom stereocenters. The summed E-state index contributed by atoms with van der Waals surface area (Å²) in [5.74, 6) is 0.00934. The van der Waals surface area contributed by atoms with Crippen molar-refractivity contribution in [2.24, 2.45) is 0 Å². The molecule has 2 heterocycles. The lowest BCUT2D eigenvalue weighted by molar-refractivity contribution is -0.123. The fraction of sp³-hybridized carbons (Fsp3) is 0.438. The molecule has 6 N–H and O–H groups in total. The van der Waals surface area contributed by atoms with E-state index in [1.54, 1.807) is 6.07 Å². The number of rotatable bonds is 2. The van der Waals surface area contributed by atoms with Crippen LogP contribution in [0.2, 0.25) is 0 Å². The molecule has 2 unspecified atom stereocenters. The van der Waals surface area contributed by atoms with Crippen molar-refractivity contribution in [1.82, 2.24) is 20.6 Å². The number of nitrogens with two attached hydrogens (primary N) is 1. The first kappa shape index (κ1) is 14.9. The zero-order valence-electron chi connectivity index (χ0n) is 13.1. The summed E-state index contributed by atoms with van der Waals surface area (Å²) < 4.78 is 0. The molecule has 1 fully saturated rings. The van der Waals surface area contributed by atoms with Gasteiger partial charge in [-0.25, -0.2) is 0 Å². The Morgan fingerprint density at radius 1 is 1.17 bits per heavy atom. The van der Waals surface area contributed by atoms with E-state index in [1.807, 2.05) is 0 Å². The average Bonchev–Trinajstić information content (AvgIpc) is 3.19. The van der Waals surface area contributed by atoms with Crippen LogP contribution in [0.4, 0.5) is 5.69 Å². The second-order valence-corrected chi connectivity index (χ2v) is 6.52. The number of amides is 1. The van der Waals surface area contributed by atoms with Crippen LogP contribution in [0.5, 0.6) is 0 Å². The minimum absolute atomic E-state index is 0.00934. The predicted molar refractivity (Wildman–Crippen MR) is 90.0 cm³/mol. The summed E-state index contributed by atoms with van der Waals surface area (Å²) in [6, 6.07) is 1.48. The molecule has 1 aromatic heterocycles. The van der Waals surface area contributed by atoms with Crippen LogP contribution in [0.25, 0.3) is 11.0 Å². The Labute approximate surface area is 136 Å². The lowest BCUT2D eigenvalue weighted by atomic mass is 10.1. The third-order valence-corrected chi connectivity index (χ3v) is 4.90. The number of hydrogen-bond donors (Lipinski definition) is 5. The Bertz CT molecular complexity index is 939. The molecule has 0 spiro atoms. The van der Waals surface area contributed by atoms with Gasteiger partial charge in [0.15, 0.2) is 0 Å². The molecule has 1 saturated heterocycles. The second kappa shape index (κ2) is 5.48. The first-order chi connectivity index (χ1) is 11.5. The number of benzene rings is 1. The summed E-state index contributed by atoms with van der Waals surface area (Å²) >= 11 is 0. The molecule has 126 valence electrons. The zero-order chi connectivity index (χ0) is 16.8. The number of fused-ring (bicyclic) bond motifs is 3. The van der Waals surface area contributed by atoms with E-state index in [2.05, 4.69) is 20.6 Å². The highest BCUT2D eigenvalue weighted by molar-refractivity contribution is 5.86. The number of aromatic amines is 2. The molecule has 4 rings (SSSR count). The molecule has 1 aliphatic heterocycles. The highest BCUT2D eigenvalue weighted by Gasteiger charge is 2.30. The van der Waals surface area contributed by atoms with Gasteiger partial charge in [0.2, 0.25) is 5.91 Å². The fourth-order valence-corrected chi connectivity index (χ4v) is 3.74. The van der Waals surface area contributed by atoms with Crippen molar-refractivity contribution in [3.8, 4) is 0 Å². The van der Waals surface area contributed by atoms with E-state index in [0.29, 0.717) is 29.6 Å². The Morgan fingerprint density at radius 3 is 2.67 bits per heavy atom. The summed E-state index contributed by atoms with van der Waals surface area (Å²) in [4.78, 5) is 40.6. The van der Waals surface area contributed by atoms with Crippen LogP contribution >= 0.6 is 0 Å². The fourth-order valence-electron chi connectivity index (χ4n) is 3.74. The monoisotopic (exact) mass is 329 g/mol. The van der Waals surface area contributed by atoms with Gasteiger partial charge in [-0.15, -0.1) is 0 Å². The minimum atomic E-state index is -0.697. The third kappa shape index (κ3) is 2.39. The lowest BCUT2D eigenvalue weighted by Gasteiger charge is -2.16. The van der Waals surface area contributed by atoms with Crippen molar-refractivity contribution in [3.05, 3.63) is 37.9 Å². The second-order valence-electron chi connectivity index (χ2n) is 6.52. The first-order valence-electron chi connectivity index (χ1n) is 8.13. The quantitative estimate of drug-likeness (QED) is 0.361. The van der Waals surface area contributed by atoms with E-state index in [4.69, 9.17) is 5.73 Å². The van der Waals surface area contributed by atoms with Crippen LogP contribution in [0.15, 0.2) is 15.7 Å². The molecule has 2 aliphatic rings. The Hall–Kier alpha value is -2.61. The van der Waals surface area contributed by atoms with Gasteiger partial charge < -0.3 is 26.3 Å². The van der Waals surface area contributed by atoms with Crippen LogP contribution in [-0.2, 0) is 17.6 Å². The number of H-pyrrole nitrogens is 2. The number of nitrogen functional groups attached to an aromatic ring is 1. The number of anilines is 1. The first-order valence-corrected chi connectivity index (χ1v) is 8.13. The predicted octanol–water partition coefficient (Wildman–Crippen LogP) is -0.866. The van der Waals surface area contributed by atoms with Gasteiger partial charge in [-0.2, -0.15) is 0 Å². The number of carbonyl (C=O) groups is 1. The van der Waals surface area contributed by atoms with Crippen molar-refractivity contribution in [2.75, 3.05) is 12.3 Å². The van der Waals surface area contributed by atoms with E-state index in [9.17, 15) is 14.4 Å². The third-order valence-electron chi connectivity index (χ3n) is 4.90. The molecule has 0 bridgehead atoms.